The van der Waals surface area contributed by atoms with Crippen LogP contribution in [0.3, 0.4) is 0 Å². The van der Waals surface area contributed by atoms with E-state index in [1.165, 1.54) is 0 Å². The van der Waals surface area contributed by atoms with Gasteiger partial charge in [-0.1, -0.05) is 72.8 Å². The number of carbonyl (C=O) groups excluding carboxylic acids is 3. The molecular weight excluding hydrogens is 520 g/mol. The number of carbonyl (C=O) groups is 3. The zero-order valence-electron chi connectivity index (χ0n) is 23.7. The van der Waals surface area contributed by atoms with Gasteiger partial charge >= 0.3 is 5.97 Å². The first kappa shape index (κ1) is 28.5. The predicted molar refractivity (Wildman–Crippen MR) is 154 cm³/mol. The van der Waals surface area contributed by atoms with Gasteiger partial charge in [-0.15, -0.1) is 0 Å². The summed E-state index contributed by atoms with van der Waals surface area (Å²) < 4.78 is 17.1. The monoisotopic (exact) mass is 556 g/mol. The maximum absolute atomic E-state index is 13.7. The summed E-state index contributed by atoms with van der Waals surface area (Å²) in [6, 6.07) is 24.8. The zero-order chi connectivity index (χ0) is 29.0. The van der Waals surface area contributed by atoms with Gasteiger partial charge < -0.3 is 24.4 Å². The third kappa shape index (κ3) is 6.34. The predicted octanol–water partition coefficient (Wildman–Crippen LogP) is 5.03. The number of amides is 2. The average molecular weight is 557 g/mol. The first-order chi connectivity index (χ1) is 19.8. The number of ether oxygens (including phenoxy) is 3. The van der Waals surface area contributed by atoms with Crippen molar-refractivity contribution in [1.29, 1.82) is 0 Å². The fraction of sp³-hybridized carbons (Fsp3) is 0.364. The third-order valence-electron chi connectivity index (χ3n) is 7.47. The van der Waals surface area contributed by atoms with E-state index >= 15 is 0 Å². The van der Waals surface area contributed by atoms with Crippen molar-refractivity contribution < 1.29 is 28.6 Å². The molecule has 0 aliphatic carbocycles. The molecule has 8 heteroatoms. The van der Waals surface area contributed by atoms with Crippen molar-refractivity contribution in [3.63, 3.8) is 0 Å². The van der Waals surface area contributed by atoms with E-state index in [1.807, 2.05) is 71.6 Å². The van der Waals surface area contributed by atoms with E-state index in [2.05, 4.69) is 5.32 Å². The summed E-state index contributed by atoms with van der Waals surface area (Å²) in [5.74, 6) is -2.07. The summed E-state index contributed by atoms with van der Waals surface area (Å²) in [5.41, 5.74) is 4.07. The highest BCUT2D eigenvalue weighted by atomic mass is 16.8. The van der Waals surface area contributed by atoms with Gasteiger partial charge in [0.2, 0.25) is 0 Å². The van der Waals surface area contributed by atoms with Crippen LogP contribution in [-0.2, 0) is 30.3 Å². The normalized spacial score (nSPS) is 21.4. The lowest BCUT2D eigenvalue weighted by Crippen LogP contribution is -2.49. The highest BCUT2D eigenvalue weighted by molar-refractivity contribution is 5.97. The summed E-state index contributed by atoms with van der Waals surface area (Å²) in [7, 11) is 0. The summed E-state index contributed by atoms with van der Waals surface area (Å²) >= 11 is 0. The number of rotatable bonds is 8. The third-order valence-corrected chi connectivity index (χ3v) is 7.47. The van der Waals surface area contributed by atoms with Crippen LogP contribution in [0.5, 0.6) is 0 Å². The Bertz CT molecular complexity index is 1390. The fourth-order valence-corrected chi connectivity index (χ4v) is 5.56. The van der Waals surface area contributed by atoms with Gasteiger partial charge in [0.05, 0.1) is 18.2 Å². The maximum Gasteiger partial charge on any atom is 0.338 e. The molecule has 5 rings (SSSR count). The number of likely N-dealkylation sites (tertiary alicyclic amines) is 1. The first-order valence-electron chi connectivity index (χ1n) is 14.1. The SMILES string of the molecule is CCOC(=O)c1ccccc1-c1ccc(CNC(=O)[C@@H]2OC(C)(C)O[C@H]2C(=O)N2CCCC2c2ccccc2)cc1. The van der Waals surface area contributed by atoms with Crippen LogP contribution >= 0.6 is 0 Å². The molecule has 0 saturated carbocycles. The van der Waals surface area contributed by atoms with E-state index in [0.29, 0.717) is 18.7 Å². The Hall–Kier alpha value is -4.01. The molecule has 0 bridgehead atoms. The smallest absolute Gasteiger partial charge is 0.338 e. The lowest BCUT2D eigenvalue weighted by atomic mass is 9.98. The van der Waals surface area contributed by atoms with Crippen LogP contribution in [0.2, 0.25) is 0 Å². The average Bonchev–Trinajstić information content (AvgIpc) is 3.61. The van der Waals surface area contributed by atoms with Gasteiger partial charge in [-0.3, -0.25) is 9.59 Å². The Kier molecular flexibility index (Phi) is 8.52. The molecular formula is C33H36N2O6. The molecule has 41 heavy (non-hydrogen) atoms. The van der Waals surface area contributed by atoms with E-state index in [-0.39, 0.29) is 24.5 Å². The Morgan fingerprint density at radius 1 is 0.927 bits per heavy atom. The minimum absolute atomic E-state index is 0.0489. The second-order valence-corrected chi connectivity index (χ2v) is 10.8. The van der Waals surface area contributed by atoms with Crippen LogP contribution in [0, 0.1) is 0 Å². The second kappa shape index (κ2) is 12.2. The molecule has 0 spiro atoms. The van der Waals surface area contributed by atoms with Gasteiger partial charge in [-0.05, 0) is 61.9 Å². The minimum Gasteiger partial charge on any atom is -0.462 e. The lowest BCUT2D eigenvalue weighted by Gasteiger charge is -2.28. The van der Waals surface area contributed by atoms with Crippen molar-refractivity contribution >= 4 is 17.8 Å². The molecule has 2 saturated heterocycles. The minimum atomic E-state index is -1.07. The van der Waals surface area contributed by atoms with Crippen LogP contribution < -0.4 is 5.32 Å². The second-order valence-electron chi connectivity index (χ2n) is 10.8. The largest absolute Gasteiger partial charge is 0.462 e. The Balaban J connectivity index is 1.26. The summed E-state index contributed by atoms with van der Waals surface area (Å²) in [6.07, 6.45) is -0.343. The Morgan fingerprint density at radius 2 is 1.61 bits per heavy atom. The molecule has 214 valence electrons. The topological polar surface area (TPSA) is 94.2 Å². The van der Waals surface area contributed by atoms with Crippen molar-refractivity contribution in [2.45, 2.75) is 64.2 Å². The molecule has 2 fully saturated rings. The van der Waals surface area contributed by atoms with Crippen molar-refractivity contribution in [2.75, 3.05) is 13.2 Å². The fourth-order valence-electron chi connectivity index (χ4n) is 5.56. The number of benzene rings is 3. The highest BCUT2D eigenvalue weighted by Crippen LogP contribution is 2.36. The molecule has 2 aliphatic heterocycles. The van der Waals surface area contributed by atoms with Gasteiger partial charge in [0.25, 0.3) is 11.8 Å². The number of hydrogen-bond acceptors (Lipinski definition) is 6. The maximum atomic E-state index is 13.7. The Labute approximate surface area is 240 Å². The van der Waals surface area contributed by atoms with Crippen molar-refractivity contribution in [1.82, 2.24) is 10.2 Å². The molecule has 8 nitrogen and oxygen atoms in total. The van der Waals surface area contributed by atoms with Gasteiger partial charge in [0, 0.05) is 13.1 Å². The number of nitrogens with one attached hydrogen (secondary N) is 1. The van der Waals surface area contributed by atoms with Crippen LogP contribution in [0.1, 0.15) is 61.1 Å². The molecule has 1 unspecified atom stereocenters. The van der Waals surface area contributed by atoms with Gasteiger partial charge in [-0.2, -0.15) is 0 Å². The number of hydrogen-bond donors (Lipinski definition) is 1. The lowest BCUT2D eigenvalue weighted by molar-refractivity contribution is -0.163. The van der Waals surface area contributed by atoms with Crippen LogP contribution in [0.25, 0.3) is 11.1 Å². The van der Waals surface area contributed by atoms with Gasteiger partial charge in [0.1, 0.15) is 0 Å². The zero-order valence-corrected chi connectivity index (χ0v) is 23.7. The quantitative estimate of drug-likeness (QED) is 0.391. The van der Waals surface area contributed by atoms with Crippen LogP contribution in [0.15, 0.2) is 78.9 Å². The molecule has 3 atom stereocenters. The summed E-state index contributed by atoms with van der Waals surface area (Å²) in [4.78, 5) is 41.2. The van der Waals surface area contributed by atoms with Gasteiger partial charge in [0.15, 0.2) is 18.0 Å². The number of esters is 1. The molecule has 3 aromatic carbocycles. The molecule has 0 aromatic heterocycles. The van der Waals surface area contributed by atoms with E-state index in [1.54, 1.807) is 32.9 Å². The standard InChI is InChI=1S/C33H36N2O6/c1-4-39-32(38)26-14-9-8-13-25(26)23-18-16-22(17-19-23)21-34-30(36)28-29(41-33(2,3)40-28)31(37)35-20-10-15-27(35)24-11-6-5-7-12-24/h5-9,11-14,16-19,27-29H,4,10,15,20-21H2,1-3H3,(H,34,36)/t27?,28-,29-/m1/s1. The highest BCUT2D eigenvalue weighted by Gasteiger charge is 2.51. The van der Waals surface area contributed by atoms with Crippen LogP contribution in [0.4, 0.5) is 0 Å². The van der Waals surface area contributed by atoms with Gasteiger partial charge in [-0.25, -0.2) is 4.79 Å². The molecule has 0 radical (unpaired) electrons. The molecule has 2 heterocycles. The van der Waals surface area contributed by atoms with E-state index in [9.17, 15) is 14.4 Å². The summed E-state index contributed by atoms with van der Waals surface area (Å²) in [5, 5.41) is 2.91. The van der Waals surface area contributed by atoms with Crippen molar-refractivity contribution in [2.24, 2.45) is 0 Å². The molecule has 2 amide bonds. The van der Waals surface area contributed by atoms with E-state index in [4.69, 9.17) is 14.2 Å². The Morgan fingerprint density at radius 3 is 2.34 bits per heavy atom. The first-order valence-corrected chi connectivity index (χ1v) is 14.1. The van der Waals surface area contributed by atoms with Crippen molar-refractivity contribution in [3.05, 3.63) is 95.6 Å². The van der Waals surface area contributed by atoms with E-state index < -0.39 is 23.9 Å². The molecule has 1 N–H and O–H groups in total. The van der Waals surface area contributed by atoms with E-state index in [0.717, 1.165) is 35.1 Å². The van der Waals surface area contributed by atoms with Crippen molar-refractivity contribution in [3.8, 4) is 11.1 Å². The number of nitrogens with zero attached hydrogens (tertiary/aromatic N) is 1. The van der Waals surface area contributed by atoms with Crippen LogP contribution in [-0.4, -0.2) is 53.8 Å². The molecule has 3 aromatic rings. The summed E-state index contributed by atoms with van der Waals surface area (Å²) in [6.45, 7) is 6.36. The molecule has 2 aliphatic rings.